The monoisotopic (exact) mass is 431 g/mol. The Labute approximate surface area is 185 Å². The van der Waals surface area contributed by atoms with Crippen LogP contribution in [0.5, 0.6) is 5.75 Å². The molecule has 0 atom stereocenters. The van der Waals surface area contributed by atoms with Crippen LogP contribution >= 0.6 is 12.6 Å². The molecular weight excluding hydrogens is 410 g/mol. The molecule has 8 heteroatoms. The van der Waals surface area contributed by atoms with Crippen molar-refractivity contribution >= 4 is 35.1 Å². The van der Waals surface area contributed by atoms with E-state index >= 15 is 0 Å². The molecule has 0 bridgehead atoms. The first-order chi connectivity index (χ1) is 14.9. The van der Waals surface area contributed by atoms with Crippen LogP contribution in [0.4, 0.5) is 5.69 Å². The molecule has 0 radical (unpaired) electrons. The van der Waals surface area contributed by atoms with E-state index in [9.17, 15) is 4.79 Å². The van der Waals surface area contributed by atoms with Gasteiger partial charge in [0.15, 0.2) is 0 Å². The van der Waals surface area contributed by atoms with Gasteiger partial charge in [0.1, 0.15) is 17.8 Å². The summed E-state index contributed by atoms with van der Waals surface area (Å²) in [5.41, 5.74) is 5.70. The van der Waals surface area contributed by atoms with Gasteiger partial charge in [-0.25, -0.2) is 9.97 Å². The molecule has 4 rings (SSSR count). The lowest BCUT2D eigenvalue weighted by Gasteiger charge is -2.13. The molecular formula is C23H21N5O2S. The lowest BCUT2D eigenvalue weighted by Crippen LogP contribution is -2.11. The van der Waals surface area contributed by atoms with Crippen molar-refractivity contribution in [2.45, 2.75) is 6.92 Å². The smallest absolute Gasteiger partial charge is 0.261 e. The summed E-state index contributed by atoms with van der Waals surface area (Å²) in [6.07, 6.45) is 3.44. The Morgan fingerprint density at radius 1 is 1.16 bits per heavy atom. The average Bonchev–Trinajstić information content (AvgIpc) is 3.14. The summed E-state index contributed by atoms with van der Waals surface area (Å²) in [4.78, 5) is 21.2. The fraction of sp³-hybridized carbons (Fsp3) is 0.130. The number of carbonyl (C=O) groups excluding carboxylic acids is 1. The van der Waals surface area contributed by atoms with Gasteiger partial charge in [-0.3, -0.25) is 9.48 Å². The van der Waals surface area contributed by atoms with E-state index in [4.69, 9.17) is 4.74 Å². The number of fused-ring (bicyclic) bond motifs is 1. The molecule has 0 unspecified atom stereocenters. The molecule has 1 amide bonds. The number of hydrogen-bond donors (Lipinski definition) is 2. The lowest BCUT2D eigenvalue weighted by molar-refractivity contribution is -0.112. The standard InChI is InChI=1S/C23H21N5O2S/c1-13-5-7-15(8-6-13)21-17(11-28(3)27-21)22-16-9-19(26-23(29)14(2)31)20(30-4)10-18(16)24-12-25-22/h5-12,31H,2H2,1,3-4H3,(H,26,29). The van der Waals surface area contributed by atoms with Gasteiger partial charge in [-0.2, -0.15) is 5.10 Å². The summed E-state index contributed by atoms with van der Waals surface area (Å²) in [5.74, 6) is 0.0612. The molecule has 7 nitrogen and oxygen atoms in total. The number of amides is 1. The van der Waals surface area contributed by atoms with Crippen molar-refractivity contribution in [2.75, 3.05) is 12.4 Å². The number of methoxy groups -OCH3 is 1. The molecule has 0 saturated carbocycles. The third-order valence-electron chi connectivity index (χ3n) is 4.88. The number of hydrogen-bond acceptors (Lipinski definition) is 6. The van der Waals surface area contributed by atoms with Gasteiger partial charge in [0.05, 0.1) is 28.9 Å². The molecule has 1 N–H and O–H groups in total. The Kier molecular flexibility index (Phi) is 5.48. The minimum Gasteiger partial charge on any atom is -0.494 e. The zero-order valence-corrected chi connectivity index (χ0v) is 18.3. The molecule has 2 aromatic heterocycles. The summed E-state index contributed by atoms with van der Waals surface area (Å²) >= 11 is 4.02. The highest BCUT2D eigenvalue weighted by molar-refractivity contribution is 7.85. The van der Waals surface area contributed by atoms with Crippen LogP contribution in [0.2, 0.25) is 0 Å². The first-order valence-electron chi connectivity index (χ1n) is 9.50. The summed E-state index contributed by atoms with van der Waals surface area (Å²) < 4.78 is 7.20. The van der Waals surface area contributed by atoms with E-state index in [2.05, 4.69) is 51.7 Å². The van der Waals surface area contributed by atoms with E-state index in [1.807, 2.05) is 32.3 Å². The topological polar surface area (TPSA) is 81.9 Å². The third-order valence-corrected chi connectivity index (χ3v) is 5.08. The van der Waals surface area contributed by atoms with Gasteiger partial charge >= 0.3 is 0 Å². The molecule has 0 saturated heterocycles. The molecule has 0 fully saturated rings. The summed E-state index contributed by atoms with van der Waals surface area (Å²) in [5, 5.41) is 8.19. The molecule has 2 heterocycles. The Hall–Kier alpha value is -3.65. The van der Waals surface area contributed by atoms with E-state index in [0.717, 1.165) is 22.2 Å². The maximum Gasteiger partial charge on any atom is 0.261 e. The minimum absolute atomic E-state index is 0.0978. The maximum absolute atomic E-state index is 12.2. The fourth-order valence-electron chi connectivity index (χ4n) is 3.35. The first kappa shape index (κ1) is 20.6. The minimum atomic E-state index is -0.416. The number of ether oxygens (including phenoxy) is 1. The second-order valence-electron chi connectivity index (χ2n) is 7.12. The Morgan fingerprint density at radius 3 is 2.58 bits per heavy atom. The number of thiol groups is 1. The zero-order valence-electron chi connectivity index (χ0n) is 17.4. The van der Waals surface area contributed by atoms with E-state index in [0.29, 0.717) is 22.6 Å². The van der Waals surface area contributed by atoms with Crippen molar-refractivity contribution < 1.29 is 9.53 Å². The van der Waals surface area contributed by atoms with Crippen LogP contribution < -0.4 is 10.1 Å². The number of aromatic nitrogens is 4. The number of anilines is 1. The quantitative estimate of drug-likeness (QED) is 0.362. The zero-order chi connectivity index (χ0) is 22.1. The summed E-state index contributed by atoms with van der Waals surface area (Å²) in [6.45, 7) is 5.61. The van der Waals surface area contributed by atoms with Crippen molar-refractivity contribution in [3.63, 3.8) is 0 Å². The Bertz CT molecular complexity index is 1310. The molecule has 0 aliphatic heterocycles. The highest BCUT2D eigenvalue weighted by Gasteiger charge is 2.19. The third kappa shape index (κ3) is 4.02. The molecule has 31 heavy (non-hydrogen) atoms. The average molecular weight is 432 g/mol. The normalized spacial score (nSPS) is 10.8. The van der Waals surface area contributed by atoms with Gasteiger partial charge < -0.3 is 10.1 Å². The van der Waals surface area contributed by atoms with Crippen LogP contribution in [0.25, 0.3) is 33.4 Å². The summed E-state index contributed by atoms with van der Waals surface area (Å²) in [6, 6.07) is 11.7. The van der Waals surface area contributed by atoms with Crippen LogP contribution in [-0.4, -0.2) is 32.8 Å². The highest BCUT2D eigenvalue weighted by Crippen LogP contribution is 2.37. The van der Waals surface area contributed by atoms with Gasteiger partial charge in [0, 0.05) is 35.8 Å². The highest BCUT2D eigenvalue weighted by atomic mass is 32.1. The summed E-state index contributed by atoms with van der Waals surface area (Å²) in [7, 11) is 3.41. The number of nitrogens with one attached hydrogen (secondary N) is 1. The Balaban J connectivity index is 1.92. The van der Waals surface area contributed by atoms with Gasteiger partial charge in [-0.15, -0.1) is 12.6 Å². The van der Waals surface area contributed by atoms with Crippen molar-refractivity contribution in [1.82, 2.24) is 19.7 Å². The molecule has 0 spiro atoms. The first-order valence-corrected chi connectivity index (χ1v) is 9.95. The van der Waals surface area contributed by atoms with Crippen LogP contribution in [-0.2, 0) is 11.8 Å². The largest absolute Gasteiger partial charge is 0.494 e. The second kappa shape index (κ2) is 8.23. The predicted octanol–water partition coefficient (Wildman–Crippen LogP) is 4.40. The SMILES string of the molecule is C=C(S)C(=O)Nc1cc2c(-c3cn(C)nc3-c3ccc(C)cc3)ncnc2cc1OC. The second-order valence-corrected chi connectivity index (χ2v) is 7.66. The van der Waals surface area contributed by atoms with Crippen molar-refractivity contribution in [2.24, 2.45) is 7.05 Å². The fourth-order valence-corrected chi connectivity index (χ4v) is 3.40. The lowest BCUT2D eigenvalue weighted by atomic mass is 10.0. The van der Waals surface area contributed by atoms with Crippen LogP contribution in [0, 0.1) is 6.92 Å². The molecule has 156 valence electrons. The molecule has 2 aromatic carbocycles. The van der Waals surface area contributed by atoms with Gasteiger partial charge in [0.2, 0.25) is 0 Å². The number of rotatable bonds is 5. The van der Waals surface area contributed by atoms with E-state index in [-0.39, 0.29) is 4.91 Å². The van der Waals surface area contributed by atoms with Crippen molar-refractivity contribution in [1.29, 1.82) is 0 Å². The van der Waals surface area contributed by atoms with Gasteiger partial charge in [-0.05, 0) is 13.0 Å². The van der Waals surface area contributed by atoms with Crippen molar-refractivity contribution in [3.8, 4) is 28.3 Å². The van der Waals surface area contributed by atoms with Crippen LogP contribution in [0.15, 0.2) is 60.4 Å². The molecule has 0 aliphatic rings. The van der Waals surface area contributed by atoms with Crippen molar-refractivity contribution in [3.05, 3.63) is 66.0 Å². The van der Waals surface area contributed by atoms with Crippen LogP contribution in [0.3, 0.4) is 0 Å². The van der Waals surface area contributed by atoms with E-state index in [1.165, 1.54) is 19.0 Å². The number of benzene rings is 2. The van der Waals surface area contributed by atoms with Crippen LogP contribution in [0.1, 0.15) is 5.56 Å². The molecule has 0 aliphatic carbocycles. The van der Waals surface area contributed by atoms with E-state index < -0.39 is 5.91 Å². The number of carbonyl (C=O) groups is 1. The predicted molar refractivity (Wildman–Crippen MR) is 125 cm³/mol. The van der Waals surface area contributed by atoms with Gasteiger partial charge in [-0.1, -0.05) is 36.4 Å². The van der Waals surface area contributed by atoms with Gasteiger partial charge in [0.25, 0.3) is 5.91 Å². The number of nitrogens with zero attached hydrogens (tertiary/aromatic N) is 4. The Morgan fingerprint density at radius 2 is 1.90 bits per heavy atom. The van der Waals surface area contributed by atoms with E-state index in [1.54, 1.807) is 16.8 Å². The number of aryl methyl sites for hydroxylation is 2. The maximum atomic E-state index is 12.2. The molecule has 4 aromatic rings.